The lowest BCUT2D eigenvalue weighted by molar-refractivity contribution is -0.142. The quantitative estimate of drug-likeness (QED) is 0.865. The molecule has 0 heterocycles. The van der Waals surface area contributed by atoms with E-state index in [1.54, 1.807) is 13.0 Å². The topological polar surface area (TPSA) is 46.5 Å². The molecule has 0 aliphatic heterocycles. The number of phenols is 1. The minimum absolute atomic E-state index is 0.238. The highest BCUT2D eigenvalue weighted by molar-refractivity contribution is 5.75. The summed E-state index contributed by atoms with van der Waals surface area (Å²) in [7, 11) is 0. The minimum atomic E-state index is -0.238. The van der Waals surface area contributed by atoms with Gasteiger partial charge in [-0.05, 0) is 37.1 Å². The van der Waals surface area contributed by atoms with Gasteiger partial charge >= 0.3 is 5.97 Å². The summed E-state index contributed by atoms with van der Waals surface area (Å²) in [5, 5.41) is 9.95. The molecule has 0 fully saturated rings. The average Bonchev–Trinajstić information content (AvgIpc) is 2.42. The van der Waals surface area contributed by atoms with E-state index in [0.717, 1.165) is 22.3 Å². The Labute approximate surface area is 118 Å². The fourth-order valence-corrected chi connectivity index (χ4v) is 2.11. The molecule has 0 atom stereocenters. The summed E-state index contributed by atoms with van der Waals surface area (Å²) in [6, 6.07) is 13.1. The molecule has 0 unspecified atom stereocenters. The first-order valence-corrected chi connectivity index (χ1v) is 6.64. The molecule has 2 aromatic rings. The van der Waals surface area contributed by atoms with Gasteiger partial charge in [-0.15, -0.1) is 0 Å². The molecule has 2 aromatic carbocycles. The molecular weight excluding hydrogens is 252 g/mol. The molecule has 0 aromatic heterocycles. The number of aryl methyl sites for hydroxylation is 1. The highest BCUT2D eigenvalue weighted by Crippen LogP contribution is 2.30. The number of ether oxygens (including phenoxy) is 1. The van der Waals surface area contributed by atoms with Crippen LogP contribution in [0.15, 0.2) is 42.5 Å². The molecule has 2 rings (SSSR count). The van der Waals surface area contributed by atoms with Gasteiger partial charge in [-0.25, -0.2) is 0 Å². The van der Waals surface area contributed by atoms with Gasteiger partial charge < -0.3 is 9.84 Å². The highest BCUT2D eigenvalue weighted by atomic mass is 16.5. The molecule has 0 amide bonds. The summed E-state index contributed by atoms with van der Waals surface area (Å²) in [5.41, 5.74) is 3.62. The summed E-state index contributed by atoms with van der Waals surface area (Å²) >= 11 is 0. The third-order valence-electron chi connectivity index (χ3n) is 3.04. The second kappa shape index (κ2) is 6.24. The fraction of sp³-hybridized carbons (Fsp3) is 0.235. The standard InChI is InChI=1S/C17H18O3/c1-3-20-17(19)11-13-5-4-6-14(10-13)15-9-12(2)7-8-16(15)18/h4-10,18H,3,11H2,1-2H3. The predicted octanol–water partition coefficient (Wildman–Crippen LogP) is 3.47. The van der Waals surface area contributed by atoms with Crippen LogP contribution < -0.4 is 0 Å². The Kier molecular flexibility index (Phi) is 4.41. The van der Waals surface area contributed by atoms with Crippen LogP contribution in [-0.4, -0.2) is 17.7 Å². The maximum Gasteiger partial charge on any atom is 0.310 e. The van der Waals surface area contributed by atoms with Gasteiger partial charge in [0.1, 0.15) is 5.75 Å². The monoisotopic (exact) mass is 270 g/mol. The zero-order valence-electron chi connectivity index (χ0n) is 11.7. The third kappa shape index (κ3) is 3.38. The molecule has 1 N–H and O–H groups in total. The van der Waals surface area contributed by atoms with Crippen molar-refractivity contribution in [1.82, 2.24) is 0 Å². The molecule has 3 nitrogen and oxygen atoms in total. The molecule has 104 valence electrons. The lowest BCUT2D eigenvalue weighted by atomic mass is 9.99. The summed E-state index contributed by atoms with van der Waals surface area (Å²) in [6.07, 6.45) is 0.244. The Balaban J connectivity index is 2.29. The van der Waals surface area contributed by atoms with Gasteiger partial charge in [0.25, 0.3) is 0 Å². The van der Waals surface area contributed by atoms with Gasteiger partial charge in [-0.3, -0.25) is 4.79 Å². The van der Waals surface area contributed by atoms with E-state index in [9.17, 15) is 9.90 Å². The fourth-order valence-electron chi connectivity index (χ4n) is 2.11. The number of hydrogen-bond donors (Lipinski definition) is 1. The van der Waals surface area contributed by atoms with Crippen LogP contribution in [-0.2, 0) is 16.0 Å². The first kappa shape index (κ1) is 14.1. The van der Waals surface area contributed by atoms with E-state index in [2.05, 4.69) is 0 Å². The molecule has 3 heteroatoms. The summed E-state index contributed by atoms with van der Waals surface area (Å²) in [6.45, 7) is 4.15. The minimum Gasteiger partial charge on any atom is -0.507 e. The Morgan fingerprint density at radius 3 is 2.75 bits per heavy atom. The molecule has 0 aliphatic rings. The average molecular weight is 270 g/mol. The van der Waals surface area contributed by atoms with Gasteiger partial charge in [0.15, 0.2) is 0 Å². The summed E-state index contributed by atoms with van der Waals surface area (Å²) in [4.78, 5) is 11.5. The number of hydrogen-bond acceptors (Lipinski definition) is 3. The molecule has 0 spiro atoms. The van der Waals surface area contributed by atoms with Gasteiger partial charge in [0, 0.05) is 5.56 Å². The van der Waals surface area contributed by atoms with Crippen molar-refractivity contribution < 1.29 is 14.6 Å². The number of carbonyl (C=O) groups is 1. The maximum absolute atomic E-state index is 11.5. The van der Waals surface area contributed by atoms with Crippen molar-refractivity contribution >= 4 is 5.97 Å². The molecule has 0 saturated carbocycles. The van der Waals surface area contributed by atoms with Gasteiger partial charge in [0.05, 0.1) is 13.0 Å². The number of esters is 1. The van der Waals surface area contributed by atoms with Crippen molar-refractivity contribution in [3.05, 3.63) is 53.6 Å². The van der Waals surface area contributed by atoms with Crippen LogP contribution in [0.1, 0.15) is 18.1 Å². The Bertz CT molecular complexity index is 617. The van der Waals surface area contributed by atoms with E-state index in [1.165, 1.54) is 0 Å². The second-order valence-corrected chi connectivity index (χ2v) is 4.70. The number of benzene rings is 2. The molecule has 0 saturated heterocycles. The smallest absolute Gasteiger partial charge is 0.310 e. The van der Waals surface area contributed by atoms with Crippen molar-refractivity contribution in [2.24, 2.45) is 0 Å². The first-order valence-electron chi connectivity index (χ1n) is 6.64. The Hall–Kier alpha value is -2.29. The molecule has 20 heavy (non-hydrogen) atoms. The van der Waals surface area contributed by atoms with Crippen LogP contribution in [0.25, 0.3) is 11.1 Å². The normalized spacial score (nSPS) is 10.3. The zero-order chi connectivity index (χ0) is 14.5. The van der Waals surface area contributed by atoms with E-state index in [4.69, 9.17) is 4.74 Å². The Morgan fingerprint density at radius 2 is 2.00 bits per heavy atom. The van der Waals surface area contributed by atoms with Crippen LogP contribution >= 0.6 is 0 Å². The number of aromatic hydroxyl groups is 1. The van der Waals surface area contributed by atoms with E-state index < -0.39 is 0 Å². The lowest BCUT2D eigenvalue weighted by Gasteiger charge is -2.08. The highest BCUT2D eigenvalue weighted by Gasteiger charge is 2.08. The zero-order valence-corrected chi connectivity index (χ0v) is 11.7. The molecule has 0 radical (unpaired) electrons. The van der Waals surface area contributed by atoms with Crippen LogP contribution in [0, 0.1) is 6.92 Å². The third-order valence-corrected chi connectivity index (χ3v) is 3.04. The van der Waals surface area contributed by atoms with E-state index in [0.29, 0.717) is 6.61 Å². The maximum atomic E-state index is 11.5. The number of phenolic OH excluding ortho intramolecular Hbond substituents is 1. The largest absolute Gasteiger partial charge is 0.507 e. The molecule has 0 aliphatic carbocycles. The van der Waals surface area contributed by atoms with E-state index in [1.807, 2.05) is 43.3 Å². The van der Waals surface area contributed by atoms with Gasteiger partial charge in [-0.1, -0.05) is 35.9 Å². The van der Waals surface area contributed by atoms with Crippen LogP contribution in [0.5, 0.6) is 5.75 Å². The van der Waals surface area contributed by atoms with Crippen molar-refractivity contribution in [2.45, 2.75) is 20.3 Å². The first-order chi connectivity index (χ1) is 9.60. The van der Waals surface area contributed by atoms with Crippen molar-refractivity contribution in [1.29, 1.82) is 0 Å². The number of rotatable bonds is 4. The van der Waals surface area contributed by atoms with Crippen molar-refractivity contribution in [3.63, 3.8) is 0 Å². The Morgan fingerprint density at radius 1 is 1.20 bits per heavy atom. The number of carbonyl (C=O) groups excluding carboxylic acids is 1. The molecule has 0 bridgehead atoms. The summed E-state index contributed by atoms with van der Waals surface area (Å²) < 4.78 is 4.95. The second-order valence-electron chi connectivity index (χ2n) is 4.70. The van der Waals surface area contributed by atoms with Crippen LogP contribution in [0.4, 0.5) is 0 Å². The van der Waals surface area contributed by atoms with E-state index >= 15 is 0 Å². The van der Waals surface area contributed by atoms with Gasteiger partial charge in [-0.2, -0.15) is 0 Å². The van der Waals surface area contributed by atoms with E-state index in [-0.39, 0.29) is 18.1 Å². The SMILES string of the molecule is CCOC(=O)Cc1cccc(-c2cc(C)ccc2O)c1. The lowest BCUT2D eigenvalue weighted by Crippen LogP contribution is -2.07. The van der Waals surface area contributed by atoms with Crippen molar-refractivity contribution in [2.75, 3.05) is 6.61 Å². The van der Waals surface area contributed by atoms with Gasteiger partial charge in [0.2, 0.25) is 0 Å². The molecular formula is C17H18O3. The predicted molar refractivity (Wildman–Crippen MR) is 78.6 cm³/mol. The van der Waals surface area contributed by atoms with Crippen molar-refractivity contribution in [3.8, 4) is 16.9 Å². The van der Waals surface area contributed by atoms with Crippen LogP contribution in [0.3, 0.4) is 0 Å². The summed E-state index contributed by atoms with van der Waals surface area (Å²) in [5.74, 6) is 0.00185. The van der Waals surface area contributed by atoms with Crippen LogP contribution in [0.2, 0.25) is 0 Å².